The Morgan fingerprint density at radius 3 is 1.42 bits per heavy atom. The average molecular weight is 502 g/mol. The summed E-state index contributed by atoms with van der Waals surface area (Å²) in [5, 5.41) is 70.2. The minimum Gasteiger partial charge on any atom is -0.507 e. The molecule has 8 aromatic rings. The molecule has 1 aliphatic carbocycles. The standard InChI is InChI=1S/C30H14O8/c31-9-3-7-1-2-8-4-10(32)20-24-16(8)15(7)23-19(9)29(37)21-13(35)5-11(33)17-18-12(34)6-14(36)22(30(20)38)26(18)28(24)27(23)25(17)21/h3-6,31,34-38H,1-2H2. The van der Waals surface area contributed by atoms with Crippen molar-refractivity contribution < 1.29 is 30.6 Å². The summed E-state index contributed by atoms with van der Waals surface area (Å²) < 4.78 is 0. The molecule has 0 unspecified atom stereocenters. The molecule has 0 bridgehead atoms. The maximum atomic E-state index is 13.5. The quantitative estimate of drug-likeness (QED) is 0.130. The van der Waals surface area contributed by atoms with Gasteiger partial charge in [0.25, 0.3) is 0 Å². The highest BCUT2D eigenvalue weighted by atomic mass is 16.3. The number of phenols is 6. The van der Waals surface area contributed by atoms with Crippen molar-refractivity contribution in [3.05, 3.63) is 55.8 Å². The monoisotopic (exact) mass is 502 g/mol. The van der Waals surface area contributed by atoms with Gasteiger partial charge in [0.1, 0.15) is 34.5 Å². The second-order valence-electron chi connectivity index (χ2n) is 10.3. The number of hydrogen-bond donors (Lipinski definition) is 6. The van der Waals surface area contributed by atoms with Gasteiger partial charge in [-0.3, -0.25) is 9.59 Å². The van der Waals surface area contributed by atoms with Crippen LogP contribution in [0.1, 0.15) is 11.1 Å². The zero-order valence-corrected chi connectivity index (χ0v) is 19.2. The minimum atomic E-state index is -0.643. The van der Waals surface area contributed by atoms with Crippen molar-refractivity contribution in [2.24, 2.45) is 0 Å². The lowest BCUT2D eigenvalue weighted by Gasteiger charge is -2.28. The van der Waals surface area contributed by atoms with Crippen LogP contribution in [-0.2, 0) is 12.8 Å². The zero-order valence-electron chi connectivity index (χ0n) is 19.2. The Balaban J connectivity index is 1.91. The number of hydrogen-bond acceptors (Lipinski definition) is 8. The molecule has 8 nitrogen and oxygen atoms in total. The van der Waals surface area contributed by atoms with Gasteiger partial charge in [-0.2, -0.15) is 0 Å². The van der Waals surface area contributed by atoms with E-state index in [2.05, 4.69) is 0 Å². The SMILES string of the molecule is O=c1cc2c3c4c(cc(O)c5c(O)c6c(O)cc(=O)c7c8c(O)cc(O)c9c(O)c1c3c(c98)c(c54)c67)CC2. The number of rotatable bonds is 0. The van der Waals surface area contributed by atoms with Crippen LogP contribution in [0.2, 0.25) is 0 Å². The van der Waals surface area contributed by atoms with Gasteiger partial charge in [0, 0.05) is 55.2 Å². The number of aromatic hydroxyl groups is 6. The summed E-state index contributed by atoms with van der Waals surface area (Å²) in [7, 11) is 0. The highest BCUT2D eigenvalue weighted by Crippen LogP contribution is 2.60. The molecule has 0 saturated heterocycles. The molecule has 1 aliphatic rings. The molecule has 0 aromatic heterocycles. The Hall–Kier alpha value is -5.24. The first-order valence-corrected chi connectivity index (χ1v) is 12.0. The number of aryl methyl sites for hydroxylation is 2. The number of benzene rings is 8. The van der Waals surface area contributed by atoms with Crippen molar-refractivity contribution >= 4 is 75.4 Å². The van der Waals surface area contributed by atoms with Crippen LogP contribution in [0.15, 0.2) is 33.9 Å². The van der Waals surface area contributed by atoms with Gasteiger partial charge in [-0.25, -0.2) is 0 Å². The molecule has 38 heavy (non-hydrogen) atoms. The van der Waals surface area contributed by atoms with E-state index in [1.165, 1.54) is 6.07 Å². The Bertz CT molecular complexity index is 2540. The van der Waals surface area contributed by atoms with E-state index in [1.54, 1.807) is 6.07 Å². The van der Waals surface area contributed by atoms with Crippen LogP contribution in [0.25, 0.3) is 75.4 Å². The molecule has 0 saturated carbocycles. The van der Waals surface area contributed by atoms with Gasteiger partial charge >= 0.3 is 0 Å². The number of phenolic OH excluding ortho intramolecular Hbond substituents is 6. The molecule has 0 atom stereocenters. The summed E-state index contributed by atoms with van der Waals surface area (Å²) in [6, 6.07) is 4.96. The maximum Gasteiger partial charge on any atom is 0.190 e. The largest absolute Gasteiger partial charge is 0.507 e. The van der Waals surface area contributed by atoms with Gasteiger partial charge in [0.15, 0.2) is 10.9 Å². The molecule has 8 heteroatoms. The predicted octanol–water partition coefficient (Wildman–Crippen LogP) is 4.56. The lowest BCUT2D eigenvalue weighted by atomic mass is 9.75. The van der Waals surface area contributed by atoms with Crippen molar-refractivity contribution in [3.8, 4) is 34.5 Å². The average Bonchev–Trinajstić information content (AvgIpc) is 2.85. The molecule has 0 aliphatic heterocycles. The lowest BCUT2D eigenvalue weighted by Crippen LogP contribution is -2.11. The van der Waals surface area contributed by atoms with Crippen LogP contribution in [0.4, 0.5) is 0 Å². The fourth-order valence-corrected chi connectivity index (χ4v) is 7.42. The van der Waals surface area contributed by atoms with Crippen molar-refractivity contribution in [2.75, 3.05) is 0 Å². The smallest absolute Gasteiger partial charge is 0.190 e. The van der Waals surface area contributed by atoms with Crippen molar-refractivity contribution in [3.63, 3.8) is 0 Å². The Morgan fingerprint density at radius 1 is 0.368 bits per heavy atom. The maximum absolute atomic E-state index is 13.5. The molecule has 8 aromatic carbocycles. The summed E-state index contributed by atoms with van der Waals surface area (Å²) in [6.45, 7) is 0. The van der Waals surface area contributed by atoms with Crippen LogP contribution >= 0.6 is 0 Å². The zero-order chi connectivity index (χ0) is 26.1. The summed E-state index contributed by atoms with van der Waals surface area (Å²) in [5.41, 5.74) is 0.429. The van der Waals surface area contributed by atoms with E-state index < -0.39 is 39.6 Å². The highest BCUT2D eigenvalue weighted by molar-refractivity contribution is 6.51. The van der Waals surface area contributed by atoms with Gasteiger partial charge < -0.3 is 30.6 Å². The van der Waals surface area contributed by atoms with Gasteiger partial charge in [0.2, 0.25) is 0 Å². The van der Waals surface area contributed by atoms with Gasteiger partial charge in [-0.05, 0) is 46.9 Å². The normalized spacial score (nSPS) is 13.9. The molecular formula is C30H14O8. The third-order valence-corrected chi connectivity index (χ3v) is 8.68. The molecule has 0 heterocycles. The van der Waals surface area contributed by atoms with Crippen molar-refractivity contribution in [1.29, 1.82) is 0 Å². The van der Waals surface area contributed by atoms with Crippen LogP contribution < -0.4 is 10.9 Å². The van der Waals surface area contributed by atoms with E-state index in [4.69, 9.17) is 0 Å². The summed E-state index contributed by atoms with van der Waals surface area (Å²) in [5.74, 6) is -2.49. The van der Waals surface area contributed by atoms with E-state index in [0.717, 1.165) is 23.3 Å². The minimum absolute atomic E-state index is 0.00918. The van der Waals surface area contributed by atoms with Crippen LogP contribution in [0.3, 0.4) is 0 Å². The van der Waals surface area contributed by atoms with E-state index in [9.17, 15) is 40.2 Å². The fourth-order valence-electron chi connectivity index (χ4n) is 7.42. The van der Waals surface area contributed by atoms with E-state index in [-0.39, 0.29) is 48.8 Å². The summed E-state index contributed by atoms with van der Waals surface area (Å²) in [6.07, 6.45) is 1.01. The molecular weight excluding hydrogens is 488 g/mol. The molecule has 0 amide bonds. The van der Waals surface area contributed by atoms with Crippen LogP contribution in [0.5, 0.6) is 34.5 Å². The Kier molecular flexibility index (Phi) is 2.97. The van der Waals surface area contributed by atoms with Gasteiger partial charge in [-0.15, -0.1) is 0 Å². The Labute approximate surface area is 209 Å². The first kappa shape index (κ1) is 19.9. The molecule has 6 N–H and O–H groups in total. The first-order valence-electron chi connectivity index (χ1n) is 12.0. The Morgan fingerprint density at radius 2 is 0.763 bits per heavy atom. The van der Waals surface area contributed by atoms with Crippen LogP contribution in [0, 0.1) is 0 Å². The second kappa shape index (κ2) is 5.68. The number of fused-ring (bicyclic) bond motifs is 1. The second-order valence-corrected chi connectivity index (χ2v) is 10.3. The lowest BCUT2D eigenvalue weighted by molar-refractivity contribution is 0.453. The van der Waals surface area contributed by atoms with E-state index >= 15 is 0 Å². The predicted molar refractivity (Wildman–Crippen MR) is 144 cm³/mol. The van der Waals surface area contributed by atoms with E-state index in [1.807, 2.05) is 0 Å². The molecule has 0 fully saturated rings. The van der Waals surface area contributed by atoms with Crippen molar-refractivity contribution in [1.82, 2.24) is 0 Å². The summed E-state index contributed by atoms with van der Waals surface area (Å²) in [4.78, 5) is 26.9. The highest BCUT2D eigenvalue weighted by Gasteiger charge is 2.34. The third-order valence-electron chi connectivity index (χ3n) is 8.68. The molecule has 0 radical (unpaired) electrons. The topological polar surface area (TPSA) is 156 Å². The molecule has 182 valence electrons. The molecule has 0 spiro atoms. The van der Waals surface area contributed by atoms with Crippen molar-refractivity contribution in [2.45, 2.75) is 12.8 Å². The third kappa shape index (κ3) is 1.78. The van der Waals surface area contributed by atoms with Gasteiger partial charge in [0.05, 0.1) is 21.5 Å². The first-order chi connectivity index (χ1) is 18.2. The van der Waals surface area contributed by atoms with E-state index in [0.29, 0.717) is 45.2 Å². The van der Waals surface area contributed by atoms with Gasteiger partial charge in [-0.1, -0.05) is 0 Å². The molecule has 9 rings (SSSR count). The summed E-state index contributed by atoms with van der Waals surface area (Å²) >= 11 is 0. The van der Waals surface area contributed by atoms with Crippen LogP contribution in [-0.4, -0.2) is 30.6 Å². The fraction of sp³-hybridized carbons (Fsp3) is 0.0667.